The molecule has 5 rings (SSSR count). The summed E-state index contributed by atoms with van der Waals surface area (Å²) in [7, 11) is -5.42. The van der Waals surface area contributed by atoms with Gasteiger partial charge in [0.05, 0.1) is 87.0 Å². The lowest BCUT2D eigenvalue weighted by Crippen LogP contribution is -2.34. The molecule has 2 aromatic heterocycles. The maximum Gasteiger partial charge on any atom is 0.677 e. The van der Waals surface area contributed by atoms with Crippen LogP contribution in [0.15, 0.2) is 82.3 Å². The predicted molar refractivity (Wildman–Crippen MR) is 171 cm³/mol. The van der Waals surface area contributed by atoms with Gasteiger partial charge in [-0.25, -0.2) is 0 Å². The molecule has 0 saturated carbocycles. The standard InChI is InChI=1S/C30H36B2F4N6O4/c33-31(34)41-11-3-7-27(41)29(25-5-1-9-37-25)39-13-17-43-21-23-45-19-15-40(16-20-46-24-22-44-18-14-39)30(26-6-2-10-38-26)28-8-4-12-42(28)32(35)36/h1-12H,13-24H2/b29-25-,30-26-. The molecular formula is C30H36B2F4N6O4. The van der Waals surface area contributed by atoms with Gasteiger partial charge in [-0.1, -0.05) is 0 Å². The van der Waals surface area contributed by atoms with Crippen molar-refractivity contribution >= 4 is 38.6 Å². The van der Waals surface area contributed by atoms with Crippen LogP contribution in [0.2, 0.25) is 0 Å². The summed E-state index contributed by atoms with van der Waals surface area (Å²) in [5.74, 6) is 0. The molecule has 0 amide bonds. The molecule has 2 aromatic rings. The molecule has 3 aliphatic rings. The molecule has 244 valence electrons. The minimum atomic E-state index is -2.71. The number of rotatable bonds is 6. The van der Waals surface area contributed by atoms with E-state index in [1.165, 1.54) is 12.4 Å². The molecule has 1 saturated heterocycles. The van der Waals surface area contributed by atoms with Crippen molar-refractivity contribution in [3.63, 3.8) is 0 Å². The Labute approximate surface area is 266 Å². The highest BCUT2D eigenvalue weighted by molar-refractivity contribution is 6.41. The van der Waals surface area contributed by atoms with Gasteiger partial charge < -0.3 is 37.7 Å². The van der Waals surface area contributed by atoms with Crippen molar-refractivity contribution in [1.29, 1.82) is 0 Å². The average Bonchev–Trinajstić information content (AvgIpc) is 3.87. The van der Waals surface area contributed by atoms with Crippen molar-refractivity contribution in [2.45, 2.75) is 0 Å². The molecule has 0 radical (unpaired) electrons. The molecule has 46 heavy (non-hydrogen) atoms. The molecule has 0 unspecified atom stereocenters. The summed E-state index contributed by atoms with van der Waals surface area (Å²) in [6.45, 7) is 4.07. The second-order valence-corrected chi connectivity index (χ2v) is 10.3. The normalized spacial score (nSPS) is 21.0. The van der Waals surface area contributed by atoms with E-state index in [9.17, 15) is 17.3 Å². The van der Waals surface area contributed by atoms with E-state index >= 15 is 0 Å². The molecule has 0 N–H and O–H groups in total. The Hall–Kier alpha value is -3.85. The van der Waals surface area contributed by atoms with Crippen molar-refractivity contribution < 1.29 is 36.2 Å². The van der Waals surface area contributed by atoms with E-state index in [0.29, 0.717) is 113 Å². The Kier molecular flexibility index (Phi) is 12.5. The Morgan fingerprint density at radius 1 is 0.565 bits per heavy atom. The zero-order chi connectivity index (χ0) is 32.1. The largest absolute Gasteiger partial charge is 0.677 e. The molecule has 5 heterocycles. The number of hydrogen-bond acceptors (Lipinski definition) is 8. The fraction of sp³-hybridized carbons (Fsp3) is 0.400. The molecule has 3 aliphatic heterocycles. The minimum absolute atomic E-state index is 0.306. The van der Waals surface area contributed by atoms with E-state index in [1.54, 1.807) is 61.0 Å². The van der Waals surface area contributed by atoms with Crippen LogP contribution in [0.5, 0.6) is 0 Å². The Balaban J connectivity index is 1.26. The highest BCUT2D eigenvalue weighted by Gasteiger charge is 2.27. The van der Waals surface area contributed by atoms with Crippen LogP contribution in [0.1, 0.15) is 11.4 Å². The van der Waals surface area contributed by atoms with Gasteiger partial charge in [0.15, 0.2) is 0 Å². The highest BCUT2D eigenvalue weighted by atomic mass is 19.2. The zero-order valence-corrected chi connectivity index (χ0v) is 25.4. The van der Waals surface area contributed by atoms with Gasteiger partial charge >= 0.3 is 14.8 Å². The molecule has 10 nitrogen and oxygen atoms in total. The summed E-state index contributed by atoms with van der Waals surface area (Å²) < 4.78 is 80.8. The van der Waals surface area contributed by atoms with Crippen LogP contribution in [-0.4, -0.2) is 125 Å². The second-order valence-electron chi connectivity index (χ2n) is 10.3. The van der Waals surface area contributed by atoms with Crippen molar-refractivity contribution in [3.05, 3.63) is 83.7 Å². The number of nitrogens with zero attached hydrogens (tertiary/aromatic N) is 6. The lowest BCUT2D eigenvalue weighted by Gasteiger charge is -2.30. The lowest BCUT2D eigenvalue weighted by molar-refractivity contribution is 0.0197. The smallest absolute Gasteiger partial charge is 0.377 e. The average molecular weight is 642 g/mol. The summed E-state index contributed by atoms with van der Waals surface area (Å²) in [5.41, 5.74) is 2.98. The van der Waals surface area contributed by atoms with Crippen molar-refractivity contribution in [3.8, 4) is 0 Å². The van der Waals surface area contributed by atoms with Crippen LogP contribution in [-0.2, 0) is 18.9 Å². The van der Waals surface area contributed by atoms with Crippen molar-refractivity contribution in [2.75, 3.05) is 79.0 Å². The van der Waals surface area contributed by atoms with Gasteiger partial charge in [0.25, 0.3) is 0 Å². The van der Waals surface area contributed by atoms with Crippen molar-refractivity contribution in [2.24, 2.45) is 9.98 Å². The zero-order valence-electron chi connectivity index (χ0n) is 25.4. The fourth-order valence-electron chi connectivity index (χ4n) is 5.33. The maximum atomic E-state index is 13.9. The molecule has 0 spiro atoms. The Morgan fingerprint density at radius 3 is 1.24 bits per heavy atom. The third-order valence-corrected chi connectivity index (χ3v) is 7.46. The molecule has 0 aliphatic carbocycles. The number of aromatic nitrogens is 2. The Bertz CT molecular complexity index is 1320. The van der Waals surface area contributed by atoms with Gasteiger partial charge in [-0.2, -0.15) is 0 Å². The number of ether oxygens (including phenoxy) is 4. The molecule has 0 bridgehead atoms. The summed E-state index contributed by atoms with van der Waals surface area (Å²) in [6, 6.07) is 6.47. The first-order valence-electron chi connectivity index (χ1n) is 15.2. The number of allylic oxidation sites excluding steroid dienone is 4. The number of aliphatic imine (C=N–C) groups is 2. The van der Waals surface area contributed by atoms with Crippen LogP contribution >= 0.6 is 0 Å². The first-order chi connectivity index (χ1) is 22.5. The third kappa shape index (κ3) is 8.69. The Morgan fingerprint density at radius 2 is 0.935 bits per heavy atom. The van der Waals surface area contributed by atoms with Crippen LogP contribution in [0.25, 0.3) is 11.4 Å². The van der Waals surface area contributed by atoms with E-state index in [2.05, 4.69) is 9.98 Å². The third-order valence-electron chi connectivity index (χ3n) is 7.46. The fourth-order valence-corrected chi connectivity index (χ4v) is 5.33. The number of hydrogen-bond donors (Lipinski definition) is 0. The van der Waals surface area contributed by atoms with Crippen LogP contribution < -0.4 is 0 Å². The van der Waals surface area contributed by atoms with Crippen LogP contribution in [0.3, 0.4) is 0 Å². The first kappa shape index (κ1) is 33.5. The first-order valence-corrected chi connectivity index (χ1v) is 15.2. The second kappa shape index (κ2) is 17.2. The van der Waals surface area contributed by atoms with Gasteiger partial charge in [-0.3, -0.25) is 27.2 Å². The summed E-state index contributed by atoms with van der Waals surface area (Å²) in [6.07, 6.45) is 13.1. The van der Waals surface area contributed by atoms with Gasteiger partial charge in [0.2, 0.25) is 0 Å². The van der Waals surface area contributed by atoms with E-state index in [1.807, 2.05) is 9.80 Å². The molecule has 16 heteroatoms. The monoisotopic (exact) mass is 642 g/mol. The van der Waals surface area contributed by atoms with E-state index in [-0.39, 0.29) is 0 Å². The number of halogens is 4. The van der Waals surface area contributed by atoms with Gasteiger partial charge in [-0.15, -0.1) is 0 Å². The summed E-state index contributed by atoms with van der Waals surface area (Å²) in [5, 5.41) is 0. The molecular weight excluding hydrogens is 606 g/mol. The minimum Gasteiger partial charge on any atom is -0.377 e. The molecule has 0 aromatic carbocycles. The molecule has 0 atom stereocenters. The van der Waals surface area contributed by atoms with E-state index in [4.69, 9.17) is 18.9 Å². The summed E-state index contributed by atoms with van der Waals surface area (Å²) >= 11 is 0. The van der Waals surface area contributed by atoms with Gasteiger partial charge in [0, 0.05) is 38.6 Å². The van der Waals surface area contributed by atoms with Gasteiger partial charge in [0.1, 0.15) is 0 Å². The highest BCUT2D eigenvalue weighted by Crippen LogP contribution is 2.29. The van der Waals surface area contributed by atoms with Crippen molar-refractivity contribution in [1.82, 2.24) is 18.8 Å². The summed E-state index contributed by atoms with van der Waals surface area (Å²) in [4.78, 5) is 12.7. The SMILES string of the molecule is FB(F)n1cccc1/C(=C1\C=CC=N1)N1CCOCCOCCN(/C(=C2/C=CC=N2)c2cccn2B(F)F)CCOCCOCC1. The van der Waals surface area contributed by atoms with E-state index < -0.39 is 14.8 Å². The lowest BCUT2D eigenvalue weighted by atomic mass is 10.1. The van der Waals surface area contributed by atoms with Crippen LogP contribution in [0, 0.1) is 0 Å². The maximum absolute atomic E-state index is 13.9. The van der Waals surface area contributed by atoms with Gasteiger partial charge in [-0.05, 0) is 61.0 Å². The quantitative estimate of drug-likeness (QED) is 0.353. The topological polar surface area (TPSA) is 78.0 Å². The molecule has 1 fully saturated rings. The predicted octanol–water partition coefficient (Wildman–Crippen LogP) is 3.84. The van der Waals surface area contributed by atoms with E-state index in [0.717, 1.165) is 8.96 Å². The van der Waals surface area contributed by atoms with Crippen LogP contribution in [0.4, 0.5) is 17.3 Å².